The van der Waals surface area contributed by atoms with Crippen molar-refractivity contribution in [3.05, 3.63) is 41.7 Å². The smallest absolute Gasteiger partial charge is 0.220 e. The quantitative estimate of drug-likeness (QED) is 0.614. The fraction of sp³-hybridized carbons (Fsp3) is 0.474. The van der Waals surface area contributed by atoms with Crippen LogP contribution in [0.4, 0.5) is 0 Å². The highest BCUT2D eigenvalue weighted by molar-refractivity contribution is 5.76. The van der Waals surface area contributed by atoms with Crippen molar-refractivity contribution < 1.29 is 4.79 Å². The Morgan fingerprint density at radius 2 is 2.22 bits per heavy atom. The number of carbonyl (C=O) groups excluding carboxylic acids is 1. The Labute approximate surface area is 157 Å². The van der Waals surface area contributed by atoms with Crippen molar-refractivity contribution in [3.8, 4) is 0 Å². The van der Waals surface area contributed by atoms with E-state index in [9.17, 15) is 4.79 Å². The number of aromatic nitrogens is 5. The molecule has 0 fully saturated rings. The number of para-hydroxylation sites is 1. The molecule has 0 atom stereocenters. The van der Waals surface area contributed by atoms with E-state index in [1.54, 1.807) is 0 Å². The van der Waals surface area contributed by atoms with Gasteiger partial charge in [0.1, 0.15) is 5.52 Å². The summed E-state index contributed by atoms with van der Waals surface area (Å²) in [6, 6.07) is 10.0. The molecule has 142 valence electrons. The van der Waals surface area contributed by atoms with Crippen molar-refractivity contribution in [2.75, 3.05) is 13.1 Å². The third kappa shape index (κ3) is 4.33. The molecule has 1 aromatic carbocycles. The summed E-state index contributed by atoms with van der Waals surface area (Å²) in [6.07, 6.45) is 3.06. The SMILES string of the molecule is O=C(CCc1cc2n(n1)CCCNC2)NCCCn1nnc2ccccc21. The minimum Gasteiger partial charge on any atom is -0.356 e. The van der Waals surface area contributed by atoms with Gasteiger partial charge in [-0.05, 0) is 37.6 Å². The number of fused-ring (bicyclic) bond motifs is 2. The van der Waals surface area contributed by atoms with Gasteiger partial charge in [-0.2, -0.15) is 5.10 Å². The number of nitrogens with one attached hydrogen (secondary N) is 2. The van der Waals surface area contributed by atoms with Crippen molar-refractivity contribution in [3.63, 3.8) is 0 Å². The number of carbonyl (C=O) groups is 1. The van der Waals surface area contributed by atoms with Gasteiger partial charge in [-0.3, -0.25) is 9.48 Å². The average molecular weight is 367 g/mol. The van der Waals surface area contributed by atoms with Crippen LogP contribution >= 0.6 is 0 Å². The minimum absolute atomic E-state index is 0.0692. The van der Waals surface area contributed by atoms with E-state index in [-0.39, 0.29) is 5.91 Å². The van der Waals surface area contributed by atoms with Gasteiger partial charge < -0.3 is 10.6 Å². The second kappa shape index (κ2) is 8.30. The maximum absolute atomic E-state index is 12.1. The molecule has 0 radical (unpaired) electrons. The topological polar surface area (TPSA) is 89.7 Å². The molecule has 1 aliphatic rings. The summed E-state index contributed by atoms with van der Waals surface area (Å²) in [5, 5.41) is 19.3. The predicted octanol–water partition coefficient (Wildman–Crippen LogP) is 1.26. The zero-order valence-corrected chi connectivity index (χ0v) is 15.4. The maximum atomic E-state index is 12.1. The Hall–Kier alpha value is -2.74. The van der Waals surface area contributed by atoms with Crippen LogP contribution in [0, 0.1) is 0 Å². The second-order valence-corrected chi connectivity index (χ2v) is 6.89. The van der Waals surface area contributed by atoms with Crippen LogP contribution < -0.4 is 10.6 Å². The van der Waals surface area contributed by atoms with Crippen LogP contribution in [-0.2, 0) is 30.8 Å². The highest BCUT2D eigenvalue weighted by atomic mass is 16.1. The molecule has 0 bridgehead atoms. The Bertz CT molecular complexity index is 890. The molecule has 3 aromatic rings. The number of aryl methyl sites for hydroxylation is 3. The molecule has 27 heavy (non-hydrogen) atoms. The van der Waals surface area contributed by atoms with Gasteiger partial charge in [0.2, 0.25) is 5.91 Å². The minimum atomic E-state index is 0.0692. The van der Waals surface area contributed by atoms with Crippen LogP contribution in [0.25, 0.3) is 11.0 Å². The van der Waals surface area contributed by atoms with E-state index in [1.807, 2.05) is 28.9 Å². The number of hydrogen-bond acceptors (Lipinski definition) is 5. The lowest BCUT2D eigenvalue weighted by Crippen LogP contribution is -2.25. The van der Waals surface area contributed by atoms with Gasteiger partial charge in [-0.1, -0.05) is 17.3 Å². The lowest BCUT2D eigenvalue weighted by Gasteiger charge is -2.05. The zero-order chi connectivity index (χ0) is 18.5. The lowest BCUT2D eigenvalue weighted by atomic mass is 10.2. The van der Waals surface area contributed by atoms with Gasteiger partial charge >= 0.3 is 0 Å². The molecule has 0 saturated heterocycles. The standard InChI is InChI=1S/C19H25N7O/c27-19(8-7-15-13-16-14-20-9-3-11-25(16)23-15)21-10-4-12-26-18-6-2-1-5-17(18)22-24-26/h1-2,5-6,13,20H,3-4,7-12,14H2,(H,21,27). The Balaban J connectivity index is 1.19. The third-order valence-electron chi connectivity index (χ3n) is 4.84. The molecule has 0 aliphatic carbocycles. The first-order chi connectivity index (χ1) is 13.3. The number of rotatable bonds is 7. The van der Waals surface area contributed by atoms with Gasteiger partial charge in [0.25, 0.3) is 0 Å². The average Bonchev–Trinajstić information content (AvgIpc) is 3.21. The first-order valence-electron chi connectivity index (χ1n) is 9.61. The van der Waals surface area contributed by atoms with Gasteiger partial charge in [-0.25, -0.2) is 4.68 Å². The van der Waals surface area contributed by atoms with Crippen molar-refractivity contribution >= 4 is 16.9 Å². The van der Waals surface area contributed by atoms with E-state index in [0.717, 1.165) is 55.7 Å². The molecule has 2 N–H and O–H groups in total. The molecule has 0 unspecified atom stereocenters. The van der Waals surface area contributed by atoms with E-state index >= 15 is 0 Å². The lowest BCUT2D eigenvalue weighted by molar-refractivity contribution is -0.121. The molecule has 1 amide bonds. The summed E-state index contributed by atoms with van der Waals surface area (Å²) in [4.78, 5) is 12.1. The first kappa shape index (κ1) is 17.7. The molecule has 8 nitrogen and oxygen atoms in total. The Morgan fingerprint density at radius 3 is 3.19 bits per heavy atom. The maximum Gasteiger partial charge on any atom is 0.220 e. The highest BCUT2D eigenvalue weighted by Crippen LogP contribution is 2.11. The fourth-order valence-electron chi connectivity index (χ4n) is 3.41. The van der Waals surface area contributed by atoms with E-state index < -0.39 is 0 Å². The Kier molecular flexibility index (Phi) is 5.43. The summed E-state index contributed by atoms with van der Waals surface area (Å²) in [7, 11) is 0. The van der Waals surface area contributed by atoms with E-state index in [1.165, 1.54) is 5.69 Å². The molecule has 3 heterocycles. The second-order valence-electron chi connectivity index (χ2n) is 6.89. The third-order valence-corrected chi connectivity index (χ3v) is 4.84. The van der Waals surface area contributed by atoms with Crippen molar-refractivity contribution in [1.29, 1.82) is 0 Å². The number of amides is 1. The van der Waals surface area contributed by atoms with Crippen molar-refractivity contribution in [2.24, 2.45) is 0 Å². The number of hydrogen-bond donors (Lipinski definition) is 2. The van der Waals surface area contributed by atoms with Gasteiger partial charge in [0.05, 0.1) is 16.9 Å². The molecule has 4 rings (SSSR count). The molecular weight excluding hydrogens is 342 g/mol. The van der Waals surface area contributed by atoms with Gasteiger partial charge in [0, 0.05) is 39.0 Å². The number of nitrogens with zero attached hydrogens (tertiary/aromatic N) is 5. The van der Waals surface area contributed by atoms with Crippen molar-refractivity contribution in [2.45, 2.75) is 45.3 Å². The van der Waals surface area contributed by atoms with Crippen LogP contribution in [0.2, 0.25) is 0 Å². The zero-order valence-electron chi connectivity index (χ0n) is 15.4. The molecular formula is C19H25N7O. The molecule has 1 aliphatic heterocycles. The van der Waals surface area contributed by atoms with E-state index in [2.05, 4.69) is 36.8 Å². The first-order valence-corrected chi connectivity index (χ1v) is 9.61. The van der Waals surface area contributed by atoms with Crippen LogP contribution in [0.5, 0.6) is 0 Å². The van der Waals surface area contributed by atoms with Crippen LogP contribution in [0.15, 0.2) is 30.3 Å². The van der Waals surface area contributed by atoms with E-state index in [0.29, 0.717) is 19.4 Å². The Morgan fingerprint density at radius 1 is 1.30 bits per heavy atom. The normalized spacial score (nSPS) is 14.1. The van der Waals surface area contributed by atoms with Crippen molar-refractivity contribution in [1.82, 2.24) is 35.4 Å². The van der Waals surface area contributed by atoms with Gasteiger partial charge in [-0.15, -0.1) is 5.10 Å². The predicted molar refractivity (Wildman–Crippen MR) is 102 cm³/mol. The molecule has 0 spiro atoms. The van der Waals surface area contributed by atoms with Crippen LogP contribution in [0.1, 0.15) is 30.7 Å². The number of benzene rings is 1. The fourth-order valence-corrected chi connectivity index (χ4v) is 3.41. The monoisotopic (exact) mass is 367 g/mol. The van der Waals surface area contributed by atoms with Crippen LogP contribution in [0.3, 0.4) is 0 Å². The van der Waals surface area contributed by atoms with E-state index in [4.69, 9.17) is 0 Å². The largest absolute Gasteiger partial charge is 0.356 e. The summed E-state index contributed by atoms with van der Waals surface area (Å²) in [5.41, 5.74) is 4.13. The molecule has 2 aromatic heterocycles. The molecule has 8 heteroatoms. The highest BCUT2D eigenvalue weighted by Gasteiger charge is 2.12. The summed E-state index contributed by atoms with van der Waals surface area (Å²) >= 11 is 0. The summed E-state index contributed by atoms with van der Waals surface area (Å²) in [5.74, 6) is 0.0692. The molecule has 0 saturated carbocycles. The van der Waals surface area contributed by atoms with Crippen LogP contribution in [-0.4, -0.2) is 43.8 Å². The summed E-state index contributed by atoms with van der Waals surface area (Å²) < 4.78 is 3.95. The summed E-state index contributed by atoms with van der Waals surface area (Å²) in [6.45, 7) is 4.21. The van der Waals surface area contributed by atoms with Gasteiger partial charge in [0.15, 0.2) is 0 Å².